The van der Waals surface area contributed by atoms with E-state index in [4.69, 9.17) is 11.6 Å². The molecule has 4 rings (SSSR count). The molecule has 1 N–H and O–H groups in total. The number of rotatable bonds is 3. The van der Waals surface area contributed by atoms with Gasteiger partial charge in [0.2, 0.25) is 0 Å². The molecule has 0 saturated heterocycles. The van der Waals surface area contributed by atoms with E-state index in [0.717, 1.165) is 28.9 Å². The van der Waals surface area contributed by atoms with Crippen molar-refractivity contribution < 1.29 is 14.3 Å². The minimum absolute atomic E-state index is 0.162. The third-order valence-electron chi connectivity index (χ3n) is 5.53. The smallest absolute Gasteiger partial charge is 0.307 e. The SMILES string of the molecule is Cc1c(CC(=O)O)c(-c2ccc(Cl)cc2)c2c(F)c(C)n3c2c1N(C)CC3. The van der Waals surface area contributed by atoms with Gasteiger partial charge in [-0.3, -0.25) is 4.79 Å². The van der Waals surface area contributed by atoms with Crippen molar-refractivity contribution in [3.63, 3.8) is 0 Å². The number of carbonyl (C=O) groups is 1. The molecule has 0 amide bonds. The summed E-state index contributed by atoms with van der Waals surface area (Å²) in [6.07, 6.45) is -0.162. The molecule has 0 unspecified atom stereocenters. The predicted molar refractivity (Wildman–Crippen MR) is 106 cm³/mol. The number of carboxylic acids is 1. The third-order valence-corrected chi connectivity index (χ3v) is 5.79. The second-order valence-electron chi connectivity index (χ2n) is 7.10. The van der Waals surface area contributed by atoms with E-state index in [0.29, 0.717) is 33.8 Å². The second-order valence-corrected chi connectivity index (χ2v) is 7.54. The first-order valence-electron chi connectivity index (χ1n) is 8.83. The first-order chi connectivity index (χ1) is 12.8. The first kappa shape index (κ1) is 17.9. The average molecular weight is 387 g/mol. The number of likely N-dealkylation sites (N-methyl/N-ethyl adjacent to an activating group) is 1. The van der Waals surface area contributed by atoms with Crippen molar-refractivity contribution in [3.8, 4) is 11.1 Å². The Labute approximate surface area is 161 Å². The molecule has 0 spiro atoms. The van der Waals surface area contributed by atoms with Gasteiger partial charge in [0.1, 0.15) is 0 Å². The van der Waals surface area contributed by atoms with Gasteiger partial charge >= 0.3 is 5.97 Å². The Bertz CT molecular complexity index is 1090. The molecule has 2 heterocycles. The van der Waals surface area contributed by atoms with Crippen LogP contribution in [0.5, 0.6) is 0 Å². The van der Waals surface area contributed by atoms with Crippen molar-refractivity contribution in [1.82, 2.24) is 4.57 Å². The summed E-state index contributed by atoms with van der Waals surface area (Å²) >= 11 is 6.03. The van der Waals surface area contributed by atoms with Gasteiger partial charge in [-0.2, -0.15) is 0 Å². The third kappa shape index (κ3) is 2.60. The number of hydrogen-bond donors (Lipinski definition) is 1. The van der Waals surface area contributed by atoms with Crippen LogP contribution in [0.2, 0.25) is 5.02 Å². The monoisotopic (exact) mass is 386 g/mol. The fourth-order valence-electron chi connectivity index (χ4n) is 4.26. The van der Waals surface area contributed by atoms with Crippen molar-refractivity contribution in [2.45, 2.75) is 26.8 Å². The fraction of sp³-hybridized carbons (Fsp3) is 0.286. The fourth-order valence-corrected chi connectivity index (χ4v) is 4.38. The number of aromatic nitrogens is 1. The van der Waals surface area contributed by atoms with Crippen molar-refractivity contribution >= 4 is 34.2 Å². The Morgan fingerprint density at radius 2 is 1.89 bits per heavy atom. The Morgan fingerprint density at radius 1 is 1.22 bits per heavy atom. The van der Waals surface area contributed by atoms with Gasteiger partial charge in [-0.05, 0) is 48.2 Å². The first-order valence-corrected chi connectivity index (χ1v) is 9.21. The molecule has 0 atom stereocenters. The number of carboxylic acid groups (broad SMARTS) is 1. The molecular formula is C21H20ClFN2O2. The minimum Gasteiger partial charge on any atom is -0.481 e. The zero-order chi connectivity index (χ0) is 19.5. The topological polar surface area (TPSA) is 45.5 Å². The van der Waals surface area contributed by atoms with Crippen LogP contribution in [0.4, 0.5) is 10.1 Å². The van der Waals surface area contributed by atoms with Gasteiger partial charge in [0.05, 0.1) is 23.3 Å². The van der Waals surface area contributed by atoms with E-state index < -0.39 is 5.97 Å². The molecule has 1 aliphatic rings. The van der Waals surface area contributed by atoms with Gasteiger partial charge in [-0.15, -0.1) is 0 Å². The average Bonchev–Trinajstić information content (AvgIpc) is 2.86. The standard InChI is InChI=1S/C21H20ClFN2O2/c1-11-15(10-16(26)27)17(13-4-6-14(22)7-5-13)18-19(23)12(2)25-9-8-24(3)20(11)21(18)25/h4-7H,8-10H2,1-3H3,(H,26,27). The largest absolute Gasteiger partial charge is 0.481 e. The zero-order valence-electron chi connectivity index (χ0n) is 15.4. The highest BCUT2D eigenvalue weighted by atomic mass is 35.5. The highest BCUT2D eigenvalue weighted by molar-refractivity contribution is 6.30. The predicted octanol–water partition coefficient (Wildman–Crippen LogP) is 4.79. The van der Waals surface area contributed by atoms with Crippen LogP contribution in [0.15, 0.2) is 24.3 Å². The number of anilines is 1. The van der Waals surface area contributed by atoms with Crippen molar-refractivity contribution in [3.05, 3.63) is 51.9 Å². The van der Waals surface area contributed by atoms with Crippen LogP contribution in [0.1, 0.15) is 16.8 Å². The van der Waals surface area contributed by atoms with Gasteiger partial charge in [-0.25, -0.2) is 4.39 Å². The highest BCUT2D eigenvalue weighted by Gasteiger charge is 2.30. The zero-order valence-corrected chi connectivity index (χ0v) is 16.2. The van der Waals surface area contributed by atoms with E-state index in [1.54, 1.807) is 19.1 Å². The molecule has 0 saturated carbocycles. The van der Waals surface area contributed by atoms with Crippen molar-refractivity contribution in [1.29, 1.82) is 0 Å². The van der Waals surface area contributed by atoms with Gasteiger partial charge in [0.15, 0.2) is 5.82 Å². The molecule has 6 heteroatoms. The van der Waals surface area contributed by atoms with Crippen LogP contribution in [-0.2, 0) is 17.8 Å². The Hall–Kier alpha value is -2.53. The van der Waals surface area contributed by atoms with Crippen LogP contribution in [0, 0.1) is 19.7 Å². The Morgan fingerprint density at radius 3 is 2.52 bits per heavy atom. The van der Waals surface area contributed by atoms with E-state index in [1.807, 2.05) is 30.7 Å². The molecule has 0 bridgehead atoms. The quantitative estimate of drug-likeness (QED) is 0.703. The van der Waals surface area contributed by atoms with Crippen LogP contribution in [0.25, 0.3) is 22.0 Å². The highest BCUT2D eigenvalue weighted by Crippen LogP contribution is 2.46. The van der Waals surface area contributed by atoms with Gasteiger partial charge in [-0.1, -0.05) is 23.7 Å². The molecule has 4 nitrogen and oxygen atoms in total. The summed E-state index contributed by atoms with van der Waals surface area (Å²) < 4.78 is 17.4. The van der Waals surface area contributed by atoms with E-state index in [-0.39, 0.29) is 12.2 Å². The second kappa shape index (κ2) is 6.27. The van der Waals surface area contributed by atoms with Crippen LogP contribution >= 0.6 is 11.6 Å². The lowest BCUT2D eigenvalue weighted by atomic mass is 9.88. The van der Waals surface area contributed by atoms with Crippen LogP contribution in [0.3, 0.4) is 0 Å². The normalized spacial score (nSPS) is 13.4. The molecule has 3 aromatic rings. The number of benzene rings is 2. The maximum Gasteiger partial charge on any atom is 0.307 e. The molecule has 1 aromatic heterocycles. The van der Waals surface area contributed by atoms with Crippen LogP contribution in [-0.4, -0.2) is 29.2 Å². The van der Waals surface area contributed by atoms with Crippen LogP contribution < -0.4 is 4.90 Å². The summed E-state index contributed by atoms with van der Waals surface area (Å²) in [5, 5.41) is 10.6. The maximum absolute atomic E-state index is 15.4. The van der Waals surface area contributed by atoms with Gasteiger partial charge in [0, 0.05) is 30.5 Å². The molecule has 0 radical (unpaired) electrons. The van der Waals surface area contributed by atoms with Crippen molar-refractivity contribution in [2.24, 2.45) is 0 Å². The lowest BCUT2D eigenvalue weighted by Crippen LogP contribution is -2.29. The van der Waals surface area contributed by atoms with E-state index >= 15 is 4.39 Å². The summed E-state index contributed by atoms with van der Waals surface area (Å²) in [4.78, 5) is 13.7. The van der Waals surface area contributed by atoms with E-state index in [1.165, 1.54) is 0 Å². The van der Waals surface area contributed by atoms with Crippen molar-refractivity contribution in [2.75, 3.05) is 18.5 Å². The number of nitrogens with zero attached hydrogens (tertiary/aromatic N) is 2. The molecule has 0 fully saturated rings. The Kier molecular flexibility index (Phi) is 4.15. The molecule has 0 aliphatic carbocycles. The number of aliphatic carboxylic acids is 1. The molecule has 1 aliphatic heterocycles. The summed E-state index contributed by atoms with van der Waals surface area (Å²) in [6, 6.07) is 7.14. The lowest BCUT2D eigenvalue weighted by Gasteiger charge is -2.31. The summed E-state index contributed by atoms with van der Waals surface area (Å²) in [5.41, 5.74) is 5.30. The minimum atomic E-state index is -0.935. The number of halogens is 2. The summed E-state index contributed by atoms with van der Waals surface area (Å²) in [5.74, 6) is -1.21. The molecule has 2 aromatic carbocycles. The molecule has 140 valence electrons. The maximum atomic E-state index is 15.4. The molecular weight excluding hydrogens is 367 g/mol. The summed E-state index contributed by atoms with van der Waals surface area (Å²) in [6.45, 7) is 5.17. The van der Waals surface area contributed by atoms with E-state index in [2.05, 4.69) is 4.90 Å². The van der Waals surface area contributed by atoms with Gasteiger partial charge in [0.25, 0.3) is 0 Å². The summed E-state index contributed by atoms with van der Waals surface area (Å²) in [7, 11) is 1.97. The molecule has 27 heavy (non-hydrogen) atoms. The Balaban J connectivity index is 2.21. The number of hydrogen-bond acceptors (Lipinski definition) is 2. The lowest BCUT2D eigenvalue weighted by molar-refractivity contribution is -0.136. The van der Waals surface area contributed by atoms with Gasteiger partial charge < -0.3 is 14.6 Å². The van der Waals surface area contributed by atoms with E-state index in [9.17, 15) is 9.90 Å².